The van der Waals surface area contributed by atoms with Crippen molar-refractivity contribution in [1.82, 2.24) is 4.98 Å². The standard InChI is InChI=1S/C32H43NO12/c1-4-17-13-21-22-10-11-30(41)29(40)32(22,44-24(7-6-12-34)27(21)33-17)25(15-35)45-31(30,16-36)43-23-9-8-19(28(39)42-3)20(14-26(37)38)18(23)5-2/h5,8,13,18,20,23,25,29,33-36,40-41H,2,4,6-7,9-12,14-16H2,1,3H3,(H,37,38). The Hall–Kier alpha value is -3.04. The van der Waals surface area contributed by atoms with Crippen molar-refractivity contribution in [3.05, 3.63) is 46.6 Å². The van der Waals surface area contributed by atoms with Crippen LogP contribution in [-0.4, -0.2) is 110 Å². The van der Waals surface area contributed by atoms with Crippen molar-refractivity contribution in [3.8, 4) is 0 Å². The lowest BCUT2D eigenvalue weighted by molar-refractivity contribution is -0.434. The van der Waals surface area contributed by atoms with E-state index in [2.05, 4.69) is 11.6 Å². The van der Waals surface area contributed by atoms with Crippen molar-refractivity contribution in [3.63, 3.8) is 0 Å². The molecule has 1 saturated heterocycles. The third-order valence-electron chi connectivity index (χ3n) is 9.94. The lowest BCUT2D eigenvalue weighted by Crippen LogP contribution is -2.83. The molecule has 13 heteroatoms. The maximum Gasteiger partial charge on any atom is 0.333 e. The average molecular weight is 634 g/mol. The number of aryl methyl sites for hydroxylation is 1. The van der Waals surface area contributed by atoms with Crippen molar-refractivity contribution < 1.29 is 59.2 Å². The molecule has 1 spiro atoms. The summed E-state index contributed by atoms with van der Waals surface area (Å²) >= 11 is 0. The van der Waals surface area contributed by atoms with Gasteiger partial charge in [0.05, 0.1) is 31.6 Å². The monoisotopic (exact) mass is 633 g/mol. The van der Waals surface area contributed by atoms with E-state index in [1.807, 2.05) is 13.0 Å². The number of carboxylic acids is 1. The fourth-order valence-corrected chi connectivity index (χ4v) is 7.72. The first-order valence-electron chi connectivity index (χ1n) is 15.4. The number of carbonyl (C=O) groups is 2. The topological polar surface area (TPSA) is 208 Å². The number of hydrogen-bond donors (Lipinski definition) is 7. The van der Waals surface area contributed by atoms with Crippen LogP contribution in [0, 0.1) is 11.8 Å². The Kier molecular flexibility index (Phi) is 9.35. The molecule has 0 radical (unpaired) electrons. The van der Waals surface area contributed by atoms with Crippen LogP contribution >= 0.6 is 0 Å². The van der Waals surface area contributed by atoms with E-state index in [0.717, 1.165) is 10.9 Å². The van der Waals surface area contributed by atoms with Gasteiger partial charge in [0.15, 0.2) is 11.2 Å². The van der Waals surface area contributed by atoms with E-state index in [9.17, 15) is 40.2 Å². The fourth-order valence-electron chi connectivity index (χ4n) is 7.72. The first-order chi connectivity index (χ1) is 21.5. The van der Waals surface area contributed by atoms with Crippen LogP contribution in [0.3, 0.4) is 0 Å². The number of esters is 1. The summed E-state index contributed by atoms with van der Waals surface area (Å²) in [5.74, 6) is -5.40. The van der Waals surface area contributed by atoms with Crippen molar-refractivity contribution in [2.24, 2.45) is 11.8 Å². The zero-order chi connectivity index (χ0) is 32.7. The second-order valence-corrected chi connectivity index (χ2v) is 12.1. The lowest BCUT2D eigenvalue weighted by atomic mass is 9.61. The average Bonchev–Trinajstić information content (AvgIpc) is 3.47. The number of ether oxygens (including phenoxy) is 4. The number of fused-ring (bicyclic) bond motifs is 2. The minimum Gasteiger partial charge on any atom is -0.481 e. The van der Waals surface area contributed by atoms with E-state index < -0.39 is 78.7 Å². The highest BCUT2D eigenvalue weighted by Gasteiger charge is 2.75. The summed E-state index contributed by atoms with van der Waals surface area (Å²) in [6.45, 7) is 4.10. The molecule has 2 bridgehead atoms. The van der Waals surface area contributed by atoms with Crippen LogP contribution in [0.4, 0.5) is 0 Å². The summed E-state index contributed by atoms with van der Waals surface area (Å²) in [6.07, 6.45) is -0.0517. The Morgan fingerprint density at radius 1 is 1.27 bits per heavy atom. The van der Waals surface area contributed by atoms with Crippen LogP contribution in [0.25, 0.3) is 11.3 Å². The Balaban J connectivity index is 1.60. The number of aliphatic carboxylic acids is 1. The van der Waals surface area contributed by atoms with Gasteiger partial charge in [-0.25, -0.2) is 4.79 Å². The van der Waals surface area contributed by atoms with Gasteiger partial charge in [0, 0.05) is 41.3 Å². The van der Waals surface area contributed by atoms with Gasteiger partial charge in [-0.3, -0.25) is 4.79 Å². The highest BCUT2D eigenvalue weighted by molar-refractivity contribution is 5.90. The molecule has 1 aromatic rings. The molecule has 5 rings (SSSR count). The van der Waals surface area contributed by atoms with Crippen LogP contribution in [0.2, 0.25) is 0 Å². The van der Waals surface area contributed by atoms with Gasteiger partial charge in [0.2, 0.25) is 5.79 Å². The third-order valence-corrected chi connectivity index (χ3v) is 9.94. The lowest BCUT2D eigenvalue weighted by Gasteiger charge is -2.64. The Labute approximate surface area is 260 Å². The number of aliphatic hydroxyl groups excluding tert-OH is 4. The van der Waals surface area contributed by atoms with Crippen LogP contribution < -0.4 is 10.6 Å². The molecule has 0 aromatic carbocycles. The van der Waals surface area contributed by atoms with Crippen LogP contribution in [-0.2, 0) is 35.0 Å². The molecule has 2 aliphatic carbocycles. The van der Waals surface area contributed by atoms with Crippen molar-refractivity contribution in [1.29, 1.82) is 0 Å². The first-order valence-corrected chi connectivity index (χ1v) is 15.4. The molecule has 8 atom stereocenters. The number of methoxy groups -OCH3 is 1. The SMILES string of the molecule is C=CC1C(OC2(CO)OC(CO)C34OC(CCCO)=c5[nH]c(CC)cc5=C3CCC2(O)C4O)CC=C(C(=O)OC)C1CC(=O)O. The van der Waals surface area contributed by atoms with E-state index in [-0.39, 0.29) is 31.4 Å². The molecule has 13 nitrogen and oxygen atoms in total. The Morgan fingerprint density at radius 3 is 2.62 bits per heavy atom. The van der Waals surface area contributed by atoms with Gasteiger partial charge in [-0.2, -0.15) is 0 Å². The highest BCUT2D eigenvalue weighted by atomic mass is 16.7. The number of aliphatic hydroxyl groups is 5. The van der Waals surface area contributed by atoms with Gasteiger partial charge in [-0.1, -0.05) is 19.1 Å². The number of hydrogen-bond acceptors (Lipinski definition) is 11. The highest BCUT2D eigenvalue weighted by Crippen LogP contribution is 2.57. The molecule has 8 unspecified atom stereocenters. The first kappa shape index (κ1) is 33.3. The summed E-state index contributed by atoms with van der Waals surface area (Å²) in [4.78, 5) is 27.7. The van der Waals surface area contributed by atoms with Gasteiger partial charge < -0.3 is 54.6 Å². The maximum atomic E-state index is 12.5. The molecule has 4 aliphatic rings. The second-order valence-electron chi connectivity index (χ2n) is 12.1. The summed E-state index contributed by atoms with van der Waals surface area (Å²) in [5.41, 5.74) is -2.33. The molecule has 0 amide bonds. The van der Waals surface area contributed by atoms with Gasteiger partial charge >= 0.3 is 11.9 Å². The number of carbonyl (C=O) groups excluding carboxylic acids is 1. The molecule has 3 heterocycles. The molecule has 2 fully saturated rings. The fraction of sp³-hybridized carbons (Fsp3) is 0.625. The summed E-state index contributed by atoms with van der Waals surface area (Å²) in [6, 6.07) is 1.95. The molecule has 1 aromatic heterocycles. The number of nitrogens with one attached hydrogen (secondary N) is 1. The minimum atomic E-state index is -2.28. The molecule has 1 saturated carbocycles. The van der Waals surface area contributed by atoms with Crippen molar-refractivity contribution >= 4 is 23.3 Å². The Bertz CT molecular complexity index is 1480. The van der Waals surface area contributed by atoms with Crippen LogP contribution in [0.15, 0.2) is 30.4 Å². The van der Waals surface area contributed by atoms with Gasteiger partial charge in [-0.15, -0.1) is 6.58 Å². The number of H-pyrrole nitrogens is 1. The maximum absolute atomic E-state index is 12.5. The van der Waals surface area contributed by atoms with Crippen LogP contribution in [0.1, 0.15) is 51.1 Å². The van der Waals surface area contributed by atoms with Gasteiger partial charge in [-0.05, 0) is 43.7 Å². The third kappa shape index (κ3) is 5.05. The predicted molar refractivity (Wildman–Crippen MR) is 157 cm³/mol. The van der Waals surface area contributed by atoms with Crippen molar-refractivity contribution in [2.75, 3.05) is 26.9 Å². The van der Waals surface area contributed by atoms with E-state index in [0.29, 0.717) is 35.9 Å². The molecule has 2 aliphatic heterocycles. The molecule has 7 N–H and O–H groups in total. The Morgan fingerprint density at radius 2 is 2.02 bits per heavy atom. The molecular formula is C32H43NO12. The second kappa shape index (κ2) is 12.6. The smallest absolute Gasteiger partial charge is 0.333 e. The molecule has 45 heavy (non-hydrogen) atoms. The van der Waals surface area contributed by atoms with E-state index >= 15 is 0 Å². The quantitative estimate of drug-likeness (QED) is 0.111. The minimum absolute atomic E-state index is 0.0446. The van der Waals surface area contributed by atoms with E-state index in [4.69, 9.17) is 18.9 Å². The van der Waals surface area contributed by atoms with E-state index in [1.54, 1.807) is 0 Å². The van der Waals surface area contributed by atoms with Gasteiger partial charge in [0.1, 0.15) is 24.6 Å². The van der Waals surface area contributed by atoms with Gasteiger partial charge in [0.25, 0.3) is 0 Å². The van der Waals surface area contributed by atoms with Crippen molar-refractivity contribution in [2.45, 2.75) is 87.2 Å². The largest absolute Gasteiger partial charge is 0.481 e. The molecular weight excluding hydrogens is 590 g/mol. The number of aromatic nitrogens is 1. The summed E-state index contributed by atoms with van der Waals surface area (Å²) in [7, 11) is 1.19. The van der Waals surface area contributed by atoms with Crippen LogP contribution in [0.5, 0.6) is 0 Å². The number of aromatic amines is 1. The predicted octanol–water partition coefficient (Wildman–Crippen LogP) is -0.876. The zero-order valence-corrected chi connectivity index (χ0v) is 25.5. The zero-order valence-electron chi connectivity index (χ0n) is 25.5. The summed E-state index contributed by atoms with van der Waals surface area (Å²) < 4.78 is 24.2. The normalized spacial score (nSPS) is 35.5. The number of carboxylic acid groups (broad SMARTS) is 1. The number of rotatable bonds is 12. The van der Waals surface area contributed by atoms with E-state index in [1.165, 1.54) is 19.3 Å². The summed E-state index contributed by atoms with van der Waals surface area (Å²) in [5, 5.41) is 66.9. The molecule has 248 valence electrons.